The lowest BCUT2D eigenvalue weighted by Crippen LogP contribution is -2.30. The van der Waals surface area contributed by atoms with Gasteiger partial charge in [0.15, 0.2) is 0 Å². The van der Waals surface area contributed by atoms with E-state index in [4.69, 9.17) is 0 Å². The lowest BCUT2D eigenvalue weighted by Gasteiger charge is -2.07. The summed E-state index contributed by atoms with van der Waals surface area (Å²) in [5.74, 6) is 0. The molecular weight excluding hydrogens is 262 g/mol. The fourth-order valence-corrected chi connectivity index (χ4v) is 2.33. The van der Waals surface area contributed by atoms with Gasteiger partial charge in [0.1, 0.15) is 0 Å². The largest absolute Gasteiger partial charge is 0.311 e. The predicted molar refractivity (Wildman–Crippen MR) is 76.3 cm³/mol. The minimum atomic E-state index is -3.11. The van der Waals surface area contributed by atoms with E-state index in [1.165, 1.54) is 0 Å². The van der Waals surface area contributed by atoms with E-state index in [1.54, 1.807) is 6.20 Å². The smallest absolute Gasteiger partial charge is 0.208 e. The van der Waals surface area contributed by atoms with Gasteiger partial charge in [0.2, 0.25) is 10.0 Å². The molecule has 2 aromatic rings. The summed E-state index contributed by atoms with van der Waals surface area (Å²) >= 11 is 0. The van der Waals surface area contributed by atoms with E-state index in [0.717, 1.165) is 22.7 Å². The Labute approximate surface area is 113 Å². The highest BCUT2D eigenvalue weighted by Crippen LogP contribution is 2.15. The summed E-state index contributed by atoms with van der Waals surface area (Å²) < 4.78 is 24.2. The third-order valence-electron chi connectivity index (χ3n) is 2.70. The number of fused-ring (bicyclic) bond motifs is 1. The molecule has 0 saturated heterocycles. The van der Waals surface area contributed by atoms with Gasteiger partial charge < -0.3 is 5.32 Å². The molecule has 0 spiro atoms. The average Bonchev–Trinajstić information content (AvgIpc) is 2.37. The predicted octanol–water partition coefficient (Wildman–Crippen LogP) is 0.874. The molecule has 1 heterocycles. The van der Waals surface area contributed by atoms with Crippen LogP contribution in [0.3, 0.4) is 0 Å². The van der Waals surface area contributed by atoms with E-state index in [2.05, 4.69) is 15.0 Å². The van der Waals surface area contributed by atoms with Crippen LogP contribution in [0.5, 0.6) is 0 Å². The molecule has 0 saturated carbocycles. The molecule has 0 bridgehead atoms. The van der Waals surface area contributed by atoms with Crippen molar-refractivity contribution >= 4 is 20.9 Å². The number of rotatable bonds is 6. The first-order chi connectivity index (χ1) is 9.06. The number of nitrogens with one attached hydrogen (secondary N) is 2. The molecule has 2 N–H and O–H groups in total. The highest BCUT2D eigenvalue weighted by Gasteiger charge is 2.02. The van der Waals surface area contributed by atoms with Crippen molar-refractivity contribution in [2.45, 2.75) is 6.54 Å². The number of sulfonamides is 1. The van der Waals surface area contributed by atoms with Crippen LogP contribution in [-0.2, 0) is 16.6 Å². The third-order valence-corrected chi connectivity index (χ3v) is 3.43. The van der Waals surface area contributed by atoms with Gasteiger partial charge >= 0.3 is 0 Å². The Hall–Kier alpha value is -1.50. The zero-order chi connectivity index (χ0) is 13.7. The van der Waals surface area contributed by atoms with Crippen LogP contribution in [0, 0.1) is 0 Å². The Morgan fingerprint density at radius 3 is 2.74 bits per heavy atom. The molecule has 19 heavy (non-hydrogen) atoms. The standard InChI is InChI=1S/C13H17N3O2S/c1-19(17,18)16-9-8-14-10-12-5-2-4-11-6-3-7-15-13(11)12/h2-7,14,16H,8-10H2,1H3. The Morgan fingerprint density at radius 1 is 1.16 bits per heavy atom. The highest BCUT2D eigenvalue weighted by atomic mass is 32.2. The molecule has 0 unspecified atom stereocenters. The zero-order valence-electron chi connectivity index (χ0n) is 10.8. The normalized spacial score (nSPS) is 11.8. The van der Waals surface area contributed by atoms with Gasteiger partial charge in [0, 0.05) is 31.2 Å². The average molecular weight is 279 g/mol. The van der Waals surface area contributed by atoms with Gasteiger partial charge in [0.25, 0.3) is 0 Å². The first-order valence-electron chi connectivity index (χ1n) is 6.04. The molecule has 0 aliphatic heterocycles. The van der Waals surface area contributed by atoms with Crippen molar-refractivity contribution in [3.63, 3.8) is 0 Å². The van der Waals surface area contributed by atoms with E-state index < -0.39 is 10.0 Å². The van der Waals surface area contributed by atoms with Gasteiger partial charge in [-0.3, -0.25) is 4.98 Å². The maximum Gasteiger partial charge on any atom is 0.208 e. The van der Waals surface area contributed by atoms with Crippen LogP contribution < -0.4 is 10.0 Å². The van der Waals surface area contributed by atoms with Gasteiger partial charge in [-0.15, -0.1) is 0 Å². The number of para-hydroxylation sites is 1. The Morgan fingerprint density at radius 2 is 1.95 bits per heavy atom. The van der Waals surface area contributed by atoms with Crippen molar-refractivity contribution in [3.8, 4) is 0 Å². The number of benzene rings is 1. The minimum absolute atomic E-state index is 0.386. The van der Waals surface area contributed by atoms with E-state index in [0.29, 0.717) is 19.6 Å². The van der Waals surface area contributed by atoms with Crippen LogP contribution in [0.2, 0.25) is 0 Å². The van der Waals surface area contributed by atoms with Crippen molar-refractivity contribution < 1.29 is 8.42 Å². The number of hydrogen-bond donors (Lipinski definition) is 2. The Bertz CT molecular complexity index is 650. The van der Waals surface area contributed by atoms with Gasteiger partial charge in [-0.2, -0.15) is 0 Å². The molecule has 1 aromatic carbocycles. The van der Waals surface area contributed by atoms with E-state index in [1.807, 2.05) is 30.3 Å². The van der Waals surface area contributed by atoms with Crippen LogP contribution in [0.4, 0.5) is 0 Å². The summed E-state index contributed by atoms with van der Waals surface area (Å²) in [4.78, 5) is 4.37. The molecule has 0 aliphatic carbocycles. The fraction of sp³-hybridized carbons (Fsp3) is 0.308. The van der Waals surface area contributed by atoms with Crippen molar-refractivity contribution in [3.05, 3.63) is 42.1 Å². The summed E-state index contributed by atoms with van der Waals surface area (Å²) in [6.07, 6.45) is 2.93. The number of nitrogens with zero attached hydrogens (tertiary/aromatic N) is 1. The van der Waals surface area contributed by atoms with E-state index >= 15 is 0 Å². The lowest BCUT2D eigenvalue weighted by atomic mass is 10.1. The number of pyridine rings is 1. The topological polar surface area (TPSA) is 71.1 Å². The molecule has 0 fully saturated rings. The Balaban J connectivity index is 1.92. The summed E-state index contributed by atoms with van der Waals surface area (Å²) in [5, 5.41) is 4.31. The highest BCUT2D eigenvalue weighted by molar-refractivity contribution is 7.88. The molecule has 0 aliphatic rings. The van der Waals surface area contributed by atoms with Crippen LogP contribution in [0.1, 0.15) is 5.56 Å². The molecule has 102 valence electrons. The maximum absolute atomic E-state index is 10.9. The molecule has 5 nitrogen and oxygen atoms in total. The lowest BCUT2D eigenvalue weighted by molar-refractivity contribution is 0.582. The van der Waals surface area contributed by atoms with Crippen molar-refractivity contribution in [1.29, 1.82) is 0 Å². The molecule has 2 rings (SSSR count). The third kappa shape index (κ3) is 4.27. The minimum Gasteiger partial charge on any atom is -0.311 e. The second-order valence-corrected chi connectivity index (χ2v) is 6.17. The van der Waals surface area contributed by atoms with Crippen molar-refractivity contribution in [2.24, 2.45) is 0 Å². The van der Waals surface area contributed by atoms with Gasteiger partial charge in [-0.25, -0.2) is 13.1 Å². The molecule has 0 atom stereocenters. The molecular formula is C13H17N3O2S. The molecule has 1 aromatic heterocycles. The molecule has 0 amide bonds. The zero-order valence-corrected chi connectivity index (χ0v) is 11.6. The first kappa shape index (κ1) is 13.9. The number of aromatic nitrogens is 1. The van der Waals surface area contributed by atoms with Gasteiger partial charge in [-0.1, -0.05) is 24.3 Å². The molecule has 6 heteroatoms. The second-order valence-electron chi connectivity index (χ2n) is 4.34. The maximum atomic E-state index is 10.9. The van der Waals surface area contributed by atoms with Crippen molar-refractivity contribution in [2.75, 3.05) is 19.3 Å². The van der Waals surface area contributed by atoms with Crippen LogP contribution >= 0.6 is 0 Å². The van der Waals surface area contributed by atoms with Crippen LogP contribution in [0.15, 0.2) is 36.5 Å². The van der Waals surface area contributed by atoms with Crippen LogP contribution in [0.25, 0.3) is 10.9 Å². The molecule has 0 radical (unpaired) electrons. The summed E-state index contributed by atoms with van der Waals surface area (Å²) in [7, 11) is -3.11. The SMILES string of the molecule is CS(=O)(=O)NCCNCc1cccc2cccnc12. The van der Waals surface area contributed by atoms with E-state index in [-0.39, 0.29) is 0 Å². The second kappa shape index (κ2) is 6.10. The fourth-order valence-electron chi connectivity index (χ4n) is 1.86. The summed E-state index contributed by atoms with van der Waals surface area (Å²) in [6.45, 7) is 1.63. The van der Waals surface area contributed by atoms with Crippen LogP contribution in [-0.4, -0.2) is 32.7 Å². The van der Waals surface area contributed by atoms with Gasteiger partial charge in [-0.05, 0) is 11.6 Å². The quantitative estimate of drug-likeness (QED) is 0.770. The summed E-state index contributed by atoms with van der Waals surface area (Å²) in [5.41, 5.74) is 2.09. The van der Waals surface area contributed by atoms with E-state index in [9.17, 15) is 8.42 Å². The monoisotopic (exact) mass is 279 g/mol. The van der Waals surface area contributed by atoms with Gasteiger partial charge in [0.05, 0.1) is 11.8 Å². The summed E-state index contributed by atoms with van der Waals surface area (Å²) in [6, 6.07) is 9.98. The number of hydrogen-bond acceptors (Lipinski definition) is 4. The first-order valence-corrected chi connectivity index (χ1v) is 7.93. The Kier molecular flexibility index (Phi) is 4.47. The van der Waals surface area contributed by atoms with Crippen molar-refractivity contribution in [1.82, 2.24) is 15.0 Å².